The van der Waals surface area contributed by atoms with Crippen LogP contribution in [0.1, 0.15) is 21.8 Å². The maximum Gasteiger partial charge on any atom is 0.416 e. The van der Waals surface area contributed by atoms with Crippen LogP contribution in [-0.2, 0) is 24.1 Å². The normalized spacial score (nSPS) is 12.0. The molecule has 1 aromatic carbocycles. The van der Waals surface area contributed by atoms with E-state index >= 15 is 0 Å². The predicted octanol–water partition coefficient (Wildman–Crippen LogP) is 3.14. The van der Waals surface area contributed by atoms with Crippen molar-refractivity contribution in [1.82, 2.24) is 20.1 Å². The monoisotopic (exact) mass is 427 g/mol. The fourth-order valence-corrected chi connectivity index (χ4v) is 3.04. The molecule has 6 nitrogen and oxygen atoms in total. The average molecular weight is 427 g/mol. The number of hydrogen-bond donors (Lipinski definition) is 1. The van der Waals surface area contributed by atoms with E-state index in [4.69, 9.17) is 0 Å². The Morgan fingerprint density at radius 3 is 2.59 bits per heavy atom. The molecule has 158 valence electrons. The third-order valence-corrected chi connectivity index (χ3v) is 4.81. The minimum absolute atomic E-state index is 0.0227. The molecule has 0 saturated carbocycles. The third kappa shape index (κ3) is 7.04. The molecule has 0 spiro atoms. The first-order chi connectivity index (χ1) is 13.6. The summed E-state index contributed by atoms with van der Waals surface area (Å²) in [5.41, 5.74) is 0.562. The number of rotatable bonds is 6. The number of benzene rings is 1. The van der Waals surface area contributed by atoms with Crippen molar-refractivity contribution in [3.8, 4) is 0 Å². The molecule has 0 saturated heterocycles. The van der Waals surface area contributed by atoms with E-state index in [0.717, 1.165) is 22.8 Å². The van der Waals surface area contributed by atoms with Crippen LogP contribution < -0.4 is 5.32 Å². The number of aryl methyl sites for hydroxylation is 1. The number of aromatic nitrogens is 1. The molecule has 0 radical (unpaired) electrons. The summed E-state index contributed by atoms with van der Waals surface area (Å²) in [4.78, 5) is 24.0. The van der Waals surface area contributed by atoms with Crippen molar-refractivity contribution in [1.29, 1.82) is 0 Å². The van der Waals surface area contributed by atoms with Gasteiger partial charge in [-0.05, 0) is 24.6 Å². The molecule has 10 heteroatoms. The number of aliphatic imine (C=N–C) groups is 1. The van der Waals surface area contributed by atoms with Crippen LogP contribution in [0.4, 0.5) is 13.2 Å². The summed E-state index contributed by atoms with van der Waals surface area (Å²) >= 11 is 1.53. The number of hydrogen-bond acceptors (Lipinski definition) is 4. The van der Waals surface area contributed by atoms with E-state index < -0.39 is 11.7 Å². The van der Waals surface area contributed by atoms with E-state index in [0.29, 0.717) is 18.1 Å². The lowest BCUT2D eigenvalue weighted by molar-refractivity contribution is -0.137. The minimum atomic E-state index is -4.40. The zero-order chi connectivity index (χ0) is 21.6. The van der Waals surface area contributed by atoms with Gasteiger partial charge in [-0.15, -0.1) is 11.3 Å². The summed E-state index contributed by atoms with van der Waals surface area (Å²) in [5.74, 6) is 0.262. The first-order valence-corrected chi connectivity index (χ1v) is 9.71. The summed E-state index contributed by atoms with van der Waals surface area (Å²) < 4.78 is 38.8. The number of thiazole rings is 1. The number of nitrogens with zero attached hydrogens (tertiary/aromatic N) is 4. The standard InChI is InChI=1S/C19H24F3N5OS/c1-13-25-16(12-29-13)11-27(4)18(24-10-17(28)26(2)3)23-9-14-6-5-7-15(8-14)19(20,21)22/h5-8,12H,9-11H2,1-4H3,(H,23,24). The molecular formula is C19H24F3N5OS. The van der Waals surface area contributed by atoms with Gasteiger partial charge in [-0.1, -0.05) is 12.1 Å². The van der Waals surface area contributed by atoms with Crippen molar-refractivity contribution in [2.24, 2.45) is 4.99 Å². The Hall–Kier alpha value is -2.62. The Bertz CT molecular complexity index is 864. The second-order valence-electron chi connectivity index (χ2n) is 6.69. The largest absolute Gasteiger partial charge is 0.416 e. The van der Waals surface area contributed by atoms with Gasteiger partial charge in [-0.3, -0.25) is 4.79 Å². The van der Waals surface area contributed by atoms with Gasteiger partial charge in [0.15, 0.2) is 5.96 Å². The fourth-order valence-electron chi connectivity index (χ4n) is 2.44. The summed E-state index contributed by atoms with van der Waals surface area (Å²) in [6.07, 6.45) is -4.40. The topological polar surface area (TPSA) is 60.8 Å². The van der Waals surface area contributed by atoms with Crippen LogP contribution in [0, 0.1) is 6.92 Å². The maximum atomic E-state index is 12.9. The molecule has 29 heavy (non-hydrogen) atoms. The smallest absolute Gasteiger partial charge is 0.347 e. The van der Waals surface area contributed by atoms with Gasteiger partial charge in [-0.2, -0.15) is 13.2 Å². The molecule has 0 bridgehead atoms. The number of carbonyl (C=O) groups excluding carboxylic acids is 1. The van der Waals surface area contributed by atoms with Gasteiger partial charge in [0.1, 0.15) is 0 Å². The van der Waals surface area contributed by atoms with Gasteiger partial charge in [0, 0.05) is 26.5 Å². The lowest BCUT2D eigenvalue weighted by Gasteiger charge is -2.22. The van der Waals surface area contributed by atoms with E-state index in [-0.39, 0.29) is 19.0 Å². The van der Waals surface area contributed by atoms with Gasteiger partial charge in [0.25, 0.3) is 0 Å². The fraction of sp³-hybridized carbons (Fsp3) is 0.421. The highest BCUT2D eigenvalue weighted by atomic mass is 32.1. The molecule has 2 rings (SSSR count). The van der Waals surface area contributed by atoms with E-state index in [2.05, 4.69) is 15.3 Å². The first kappa shape index (κ1) is 22.7. The highest BCUT2D eigenvalue weighted by Gasteiger charge is 2.30. The van der Waals surface area contributed by atoms with Crippen LogP contribution in [0.25, 0.3) is 0 Å². The molecule has 0 unspecified atom stereocenters. The summed E-state index contributed by atoms with van der Waals surface area (Å²) in [7, 11) is 5.07. The molecule has 1 aromatic heterocycles. The molecule has 1 heterocycles. The zero-order valence-corrected chi connectivity index (χ0v) is 17.6. The average Bonchev–Trinajstić information content (AvgIpc) is 3.05. The van der Waals surface area contributed by atoms with Gasteiger partial charge in [0.05, 0.1) is 35.9 Å². The Balaban J connectivity index is 2.17. The Morgan fingerprint density at radius 2 is 2.00 bits per heavy atom. The van der Waals surface area contributed by atoms with Crippen molar-refractivity contribution in [2.75, 3.05) is 27.7 Å². The number of alkyl halides is 3. The number of halogens is 3. The highest BCUT2D eigenvalue weighted by Crippen LogP contribution is 2.29. The molecule has 0 atom stereocenters. The van der Waals surface area contributed by atoms with Gasteiger partial charge < -0.3 is 15.1 Å². The van der Waals surface area contributed by atoms with E-state index in [9.17, 15) is 18.0 Å². The van der Waals surface area contributed by atoms with E-state index in [1.54, 1.807) is 32.1 Å². The molecule has 0 aliphatic rings. The van der Waals surface area contributed by atoms with Crippen LogP contribution in [0.3, 0.4) is 0 Å². The second kappa shape index (κ2) is 9.73. The summed E-state index contributed by atoms with van der Waals surface area (Å²) in [6.45, 7) is 2.43. The third-order valence-electron chi connectivity index (χ3n) is 3.99. The van der Waals surface area contributed by atoms with Crippen molar-refractivity contribution in [3.63, 3.8) is 0 Å². The molecule has 1 N–H and O–H groups in total. The van der Waals surface area contributed by atoms with E-state index in [1.165, 1.54) is 22.3 Å². The Kier molecular flexibility index (Phi) is 7.60. The van der Waals surface area contributed by atoms with Crippen LogP contribution >= 0.6 is 11.3 Å². The number of likely N-dealkylation sites (N-methyl/N-ethyl adjacent to an activating group) is 1. The van der Waals surface area contributed by atoms with Crippen LogP contribution in [0.2, 0.25) is 0 Å². The quantitative estimate of drug-likeness (QED) is 0.568. The minimum Gasteiger partial charge on any atom is -0.347 e. The number of nitrogens with one attached hydrogen (secondary N) is 1. The summed E-state index contributed by atoms with van der Waals surface area (Å²) in [6, 6.07) is 5.05. The first-order valence-electron chi connectivity index (χ1n) is 8.83. The van der Waals surface area contributed by atoms with Crippen molar-refractivity contribution < 1.29 is 18.0 Å². The SMILES string of the molecule is Cc1nc(CN(C)C(=NCc2cccc(C(F)(F)F)c2)NCC(=O)N(C)C)cs1. The molecule has 2 aromatic rings. The number of guanidine groups is 1. The van der Waals surface area contributed by atoms with Crippen LogP contribution in [0.5, 0.6) is 0 Å². The highest BCUT2D eigenvalue weighted by molar-refractivity contribution is 7.09. The van der Waals surface area contributed by atoms with Crippen molar-refractivity contribution in [3.05, 3.63) is 51.5 Å². The molecule has 1 amide bonds. The maximum absolute atomic E-state index is 12.9. The summed E-state index contributed by atoms with van der Waals surface area (Å²) in [5, 5.41) is 5.85. The van der Waals surface area contributed by atoms with Crippen molar-refractivity contribution in [2.45, 2.75) is 26.2 Å². The zero-order valence-electron chi connectivity index (χ0n) is 16.7. The number of amides is 1. The van der Waals surface area contributed by atoms with Crippen molar-refractivity contribution >= 4 is 23.2 Å². The van der Waals surface area contributed by atoms with Gasteiger partial charge in [-0.25, -0.2) is 9.98 Å². The van der Waals surface area contributed by atoms with Crippen LogP contribution in [0.15, 0.2) is 34.6 Å². The Labute approximate surface area is 172 Å². The predicted molar refractivity (Wildman–Crippen MR) is 108 cm³/mol. The lowest BCUT2D eigenvalue weighted by atomic mass is 10.1. The molecular weight excluding hydrogens is 403 g/mol. The Morgan fingerprint density at radius 1 is 1.28 bits per heavy atom. The van der Waals surface area contributed by atoms with Crippen LogP contribution in [-0.4, -0.2) is 54.3 Å². The van der Waals surface area contributed by atoms with Gasteiger partial charge >= 0.3 is 6.18 Å². The molecule has 0 aliphatic carbocycles. The molecule has 0 aliphatic heterocycles. The molecule has 0 fully saturated rings. The number of carbonyl (C=O) groups is 1. The van der Waals surface area contributed by atoms with Gasteiger partial charge in [0.2, 0.25) is 5.91 Å². The lowest BCUT2D eigenvalue weighted by Crippen LogP contribution is -2.43. The van der Waals surface area contributed by atoms with E-state index in [1.807, 2.05) is 12.3 Å². The second-order valence-corrected chi connectivity index (χ2v) is 7.76.